The van der Waals surface area contributed by atoms with Gasteiger partial charge < -0.3 is 0 Å². The molecule has 104 valence electrons. The van der Waals surface area contributed by atoms with Crippen molar-refractivity contribution >= 4 is 11.5 Å². The van der Waals surface area contributed by atoms with Gasteiger partial charge in [-0.15, -0.1) is 0 Å². The number of non-ortho nitro benzene ring substituents is 1. The summed E-state index contributed by atoms with van der Waals surface area (Å²) in [5, 5.41) is 19.8. The molecule has 0 saturated heterocycles. The number of ketones is 1. The van der Waals surface area contributed by atoms with E-state index >= 15 is 0 Å². The van der Waals surface area contributed by atoms with E-state index in [2.05, 4.69) is 4.98 Å². The number of nitrogens with zero attached hydrogens (tertiary/aromatic N) is 3. The molecule has 0 N–H and O–H groups in total. The highest BCUT2D eigenvalue weighted by molar-refractivity contribution is 6.03. The van der Waals surface area contributed by atoms with E-state index in [4.69, 9.17) is 5.26 Å². The Kier molecular flexibility index (Phi) is 4.00. The van der Waals surface area contributed by atoms with Crippen LogP contribution in [0.4, 0.5) is 10.1 Å². The Morgan fingerprint density at radius 1 is 1.43 bits per heavy atom. The van der Waals surface area contributed by atoms with Crippen molar-refractivity contribution in [1.82, 2.24) is 4.98 Å². The largest absolute Gasteiger partial charge is 0.292 e. The molecular formula is C14H8FN3O3. The van der Waals surface area contributed by atoms with Crippen molar-refractivity contribution in [3.8, 4) is 6.07 Å². The maximum absolute atomic E-state index is 13.4. The zero-order chi connectivity index (χ0) is 15.4. The number of nitro benzene ring substituents is 1. The summed E-state index contributed by atoms with van der Waals surface area (Å²) in [5.74, 6) is -2.82. The highest BCUT2D eigenvalue weighted by Gasteiger charge is 2.24. The standard InChI is InChI=1S/C14H8FN3O3/c15-11-4-10(5-12(6-11)18(20)21)14(19)13(7-16)9-2-1-3-17-8-9/h1-6,8,13H. The molecule has 6 nitrogen and oxygen atoms in total. The Labute approximate surface area is 118 Å². The summed E-state index contributed by atoms with van der Waals surface area (Å²) < 4.78 is 13.4. The lowest BCUT2D eigenvalue weighted by Gasteiger charge is -2.08. The molecule has 1 aromatic heterocycles. The van der Waals surface area contributed by atoms with Crippen LogP contribution in [0.25, 0.3) is 0 Å². The monoisotopic (exact) mass is 285 g/mol. The number of rotatable bonds is 4. The number of hydrogen-bond acceptors (Lipinski definition) is 5. The number of carbonyl (C=O) groups is 1. The molecule has 0 bridgehead atoms. The Balaban J connectivity index is 2.44. The molecule has 0 fully saturated rings. The highest BCUT2D eigenvalue weighted by Crippen LogP contribution is 2.23. The maximum atomic E-state index is 13.4. The van der Waals surface area contributed by atoms with Gasteiger partial charge in [-0.2, -0.15) is 5.26 Å². The normalized spacial score (nSPS) is 11.4. The van der Waals surface area contributed by atoms with Crippen molar-refractivity contribution in [3.05, 3.63) is 69.8 Å². The molecule has 2 aromatic rings. The Morgan fingerprint density at radius 2 is 2.19 bits per heavy atom. The van der Waals surface area contributed by atoms with Crippen LogP contribution in [-0.4, -0.2) is 15.7 Å². The molecule has 0 aliphatic carbocycles. The maximum Gasteiger partial charge on any atom is 0.273 e. The molecule has 7 heteroatoms. The van der Waals surface area contributed by atoms with Crippen molar-refractivity contribution in [2.24, 2.45) is 0 Å². The van der Waals surface area contributed by atoms with E-state index in [9.17, 15) is 19.3 Å². The lowest BCUT2D eigenvalue weighted by atomic mass is 9.93. The Morgan fingerprint density at radius 3 is 2.76 bits per heavy atom. The predicted octanol–water partition coefficient (Wildman–Crippen LogP) is 2.62. The van der Waals surface area contributed by atoms with Gasteiger partial charge in [0.25, 0.3) is 5.69 Å². The number of hydrogen-bond donors (Lipinski definition) is 0. The fourth-order valence-corrected chi connectivity index (χ4v) is 1.82. The molecule has 0 aliphatic heterocycles. The topological polar surface area (TPSA) is 96.9 Å². The molecule has 0 spiro atoms. The van der Waals surface area contributed by atoms with E-state index in [-0.39, 0.29) is 5.56 Å². The first-order chi connectivity index (χ1) is 10.0. The van der Waals surface area contributed by atoms with Crippen molar-refractivity contribution in [2.45, 2.75) is 5.92 Å². The molecule has 0 aliphatic rings. The van der Waals surface area contributed by atoms with Crippen LogP contribution in [0, 0.1) is 27.3 Å². The molecule has 21 heavy (non-hydrogen) atoms. The smallest absolute Gasteiger partial charge is 0.273 e. The lowest BCUT2D eigenvalue weighted by Crippen LogP contribution is -2.12. The second kappa shape index (κ2) is 5.88. The fourth-order valence-electron chi connectivity index (χ4n) is 1.82. The quantitative estimate of drug-likeness (QED) is 0.488. The van der Waals surface area contributed by atoms with E-state index in [1.807, 2.05) is 0 Å². The van der Waals surface area contributed by atoms with Gasteiger partial charge in [-0.1, -0.05) is 6.07 Å². The van der Waals surface area contributed by atoms with E-state index in [1.54, 1.807) is 12.1 Å². The van der Waals surface area contributed by atoms with Crippen LogP contribution in [-0.2, 0) is 0 Å². The number of benzene rings is 1. The van der Waals surface area contributed by atoms with Gasteiger partial charge in [-0.05, 0) is 17.7 Å². The SMILES string of the molecule is N#CC(C(=O)c1cc(F)cc([N+](=O)[O-])c1)c1cccnc1. The molecule has 1 heterocycles. The number of Topliss-reactive ketones (excluding diaryl/α,β-unsaturated/α-hetero) is 1. The van der Waals surface area contributed by atoms with E-state index < -0.39 is 28.1 Å². The van der Waals surface area contributed by atoms with Gasteiger partial charge in [0.1, 0.15) is 11.7 Å². The van der Waals surface area contributed by atoms with Crippen LogP contribution >= 0.6 is 0 Å². The summed E-state index contributed by atoms with van der Waals surface area (Å²) in [7, 11) is 0. The molecule has 1 aromatic carbocycles. The average Bonchev–Trinajstić information content (AvgIpc) is 2.48. The van der Waals surface area contributed by atoms with Crippen LogP contribution in [0.2, 0.25) is 0 Å². The number of pyridine rings is 1. The number of carbonyl (C=O) groups excluding carboxylic acids is 1. The summed E-state index contributed by atoms with van der Waals surface area (Å²) in [6, 6.07) is 7.43. The zero-order valence-corrected chi connectivity index (χ0v) is 10.6. The predicted molar refractivity (Wildman–Crippen MR) is 70.0 cm³/mol. The first kappa shape index (κ1) is 14.3. The highest BCUT2D eigenvalue weighted by atomic mass is 19.1. The zero-order valence-electron chi connectivity index (χ0n) is 10.6. The third kappa shape index (κ3) is 3.06. The van der Waals surface area contributed by atoms with Crippen LogP contribution in [0.5, 0.6) is 0 Å². The van der Waals surface area contributed by atoms with Gasteiger partial charge in [0.15, 0.2) is 5.78 Å². The molecule has 1 atom stereocenters. The van der Waals surface area contributed by atoms with Gasteiger partial charge in [-0.3, -0.25) is 19.9 Å². The summed E-state index contributed by atoms with van der Waals surface area (Å²) in [6.07, 6.45) is 2.83. The molecular weight excluding hydrogens is 277 g/mol. The first-order valence-corrected chi connectivity index (χ1v) is 5.81. The van der Waals surface area contributed by atoms with Gasteiger partial charge in [0.05, 0.1) is 17.1 Å². The van der Waals surface area contributed by atoms with Crippen molar-refractivity contribution < 1.29 is 14.1 Å². The number of nitriles is 1. The minimum absolute atomic E-state index is 0.225. The summed E-state index contributed by atoms with van der Waals surface area (Å²) in [6.45, 7) is 0. The lowest BCUT2D eigenvalue weighted by molar-refractivity contribution is -0.385. The van der Waals surface area contributed by atoms with Gasteiger partial charge in [0, 0.05) is 24.0 Å². The van der Waals surface area contributed by atoms with Crippen LogP contribution in [0.15, 0.2) is 42.7 Å². The first-order valence-electron chi connectivity index (χ1n) is 5.81. The van der Waals surface area contributed by atoms with E-state index in [1.165, 1.54) is 18.5 Å². The van der Waals surface area contributed by atoms with Crippen molar-refractivity contribution in [3.63, 3.8) is 0 Å². The third-order valence-electron chi connectivity index (χ3n) is 2.79. The number of aromatic nitrogens is 1. The van der Waals surface area contributed by atoms with Crippen molar-refractivity contribution in [2.75, 3.05) is 0 Å². The number of halogens is 1. The molecule has 0 saturated carbocycles. The fraction of sp³-hybridized carbons (Fsp3) is 0.0714. The number of nitro groups is 1. The minimum atomic E-state index is -1.19. The molecule has 2 rings (SSSR count). The average molecular weight is 285 g/mol. The molecule has 0 radical (unpaired) electrons. The molecule has 1 unspecified atom stereocenters. The minimum Gasteiger partial charge on any atom is -0.292 e. The van der Waals surface area contributed by atoms with Gasteiger partial charge in [0.2, 0.25) is 0 Å². The summed E-state index contributed by atoms with van der Waals surface area (Å²) in [5.41, 5.74) is -0.421. The summed E-state index contributed by atoms with van der Waals surface area (Å²) in [4.78, 5) is 26.0. The van der Waals surface area contributed by atoms with Crippen molar-refractivity contribution in [1.29, 1.82) is 5.26 Å². The van der Waals surface area contributed by atoms with Crippen LogP contribution in [0.3, 0.4) is 0 Å². The third-order valence-corrected chi connectivity index (χ3v) is 2.79. The second-order valence-corrected chi connectivity index (χ2v) is 4.17. The second-order valence-electron chi connectivity index (χ2n) is 4.17. The van der Waals surface area contributed by atoms with Gasteiger partial charge in [-0.25, -0.2) is 4.39 Å². The Hall–Kier alpha value is -3.14. The van der Waals surface area contributed by atoms with Crippen LogP contribution < -0.4 is 0 Å². The van der Waals surface area contributed by atoms with Crippen LogP contribution in [0.1, 0.15) is 21.8 Å². The summed E-state index contributed by atoms with van der Waals surface area (Å²) >= 11 is 0. The Bertz CT molecular complexity index is 741. The molecule has 0 amide bonds. The van der Waals surface area contributed by atoms with Gasteiger partial charge >= 0.3 is 0 Å². The van der Waals surface area contributed by atoms with E-state index in [0.29, 0.717) is 11.6 Å². The van der Waals surface area contributed by atoms with E-state index in [0.717, 1.165) is 12.1 Å².